The lowest BCUT2D eigenvalue weighted by atomic mass is 10.2. The summed E-state index contributed by atoms with van der Waals surface area (Å²) in [7, 11) is 1.58. The first-order chi connectivity index (χ1) is 10.4. The summed E-state index contributed by atoms with van der Waals surface area (Å²) in [6, 6.07) is 1.78. The van der Waals surface area contributed by atoms with E-state index in [0.717, 1.165) is 5.56 Å². The van der Waals surface area contributed by atoms with Crippen molar-refractivity contribution in [2.24, 2.45) is 5.73 Å². The number of imidazole rings is 1. The van der Waals surface area contributed by atoms with Gasteiger partial charge in [-0.3, -0.25) is 9.69 Å². The third kappa shape index (κ3) is 4.18. The first kappa shape index (κ1) is 16.2. The predicted molar refractivity (Wildman–Crippen MR) is 76.2 cm³/mol. The molecular weight excluding hydrogens is 294 g/mol. The summed E-state index contributed by atoms with van der Waals surface area (Å²) in [4.78, 5) is 15.8. The molecule has 1 amide bonds. The first-order valence-electron chi connectivity index (χ1n) is 6.70. The molecule has 0 spiro atoms. The molecule has 3 N–H and O–H groups in total. The topological polar surface area (TPSA) is 88.6 Å². The van der Waals surface area contributed by atoms with E-state index in [2.05, 4.69) is 10.1 Å². The van der Waals surface area contributed by atoms with Crippen LogP contribution < -0.4 is 11.1 Å². The molecule has 0 radical (unpaired) electrons. The van der Waals surface area contributed by atoms with Crippen LogP contribution in [0.25, 0.3) is 5.65 Å². The van der Waals surface area contributed by atoms with Crippen molar-refractivity contribution in [1.82, 2.24) is 24.8 Å². The number of carbonyl (C=O) groups excluding carboxylic acids is 1. The Morgan fingerprint density at radius 1 is 1.55 bits per heavy atom. The van der Waals surface area contributed by atoms with Gasteiger partial charge in [-0.2, -0.15) is 5.10 Å². The van der Waals surface area contributed by atoms with Gasteiger partial charge in [-0.15, -0.1) is 0 Å². The number of hydrogen-bond acceptors (Lipinski definition) is 5. The zero-order chi connectivity index (χ0) is 16.2. The zero-order valence-electron chi connectivity index (χ0n) is 12.2. The first-order valence-corrected chi connectivity index (χ1v) is 6.70. The number of nitrogens with two attached hydrogens (primary N) is 1. The molecule has 0 aromatic carbocycles. The van der Waals surface area contributed by atoms with Crippen LogP contribution in [0.4, 0.5) is 8.78 Å². The van der Waals surface area contributed by atoms with Gasteiger partial charge in [0.25, 0.3) is 5.92 Å². The molecule has 2 aromatic heterocycles. The third-order valence-electron chi connectivity index (χ3n) is 3.03. The summed E-state index contributed by atoms with van der Waals surface area (Å²) in [5, 5.41) is 6.17. The Labute approximate surface area is 126 Å². The molecule has 0 saturated heterocycles. The molecule has 0 bridgehead atoms. The predicted octanol–water partition coefficient (Wildman–Crippen LogP) is 0.00110. The summed E-state index contributed by atoms with van der Waals surface area (Å²) in [6.45, 7) is -0.542. The summed E-state index contributed by atoms with van der Waals surface area (Å²) in [6.07, 6.45) is 3.59. The summed E-state index contributed by atoms with van der Waals surface area (Å²) in [5.74, 6) is -2.99. The lowest BCUT2D eigenvalue weighted by molar-refractivity contribution is -0.111. The lowest BCUT2D eigenvalue weighted by Crippen LogP contribution is -2.41. The van der Waals surface area contributed by atoms with Crippen LogP contribution in [0.3, 0.4) is 0 Å². The number of aromatic nitrogens is 3. The molecule has 0 aliphatic heterocycles. The SMILES string of the molecule is CN(Cc1cnn2cc(CN)nc2c1)CC(F)(F)CNC=O. The summed E-state index contributed by atoms with van der Waals surface area (Å²) < 4.78 is 28.7. The van der Waals surface area contributed by atoms with Gasteiger partial charge in [0.05, 0.1) is 31.2 Å². The Morgan fingerprint density at radius 3 is 3.00 bits per heavy atom. The summed E-state index contributed by atoms with van der Waals surface area (Å²) >= 11 is 0. The third-order valence-corrected chi connectivity index (χ3v) is 3.03. The molecule has 2 aromatic rings. The van der Waals surface area contributed by atoms with Gasteiger partial charge >= 0.3 is 0 Å². The standard InChI is InChI=1S/C13H18F2N6O/c1-20(8-13(14,15)7-17-9-22)5-10-2-12-19-11(3-16)6-21(12)18-4-10/h2,4,6,9H,3,5,7-8,16H2,1H3,(H,17,22). The van der Waals surface area contributed by atoms with Gasteiger partial charge in [0.1, 0.15) is 0 Å². The number of nitrogens with one attached hydrogen (secondary N) is 1. The number of alkyl halides is 2. The van der Waals surface area contributed by atoms with Crippen LogP contribution in [0, 0.1) is 0 Å². The van der Waals surface area contributed by atoms with Gasteiger partial charge < -0.3 is 11.1 Å². The maximum Gasteiger partial charge on any atom is 0.277 e. The highest BCUT2D eigenvalue weighted by Gasteiger charge is 2.30. The van der Waals surface area contributed by atoms with E-state index in [9.17, 15) is 13.6 Å². The highest BCUT2D eigenvalue weighted by atomic mass is 19.3. The Morgan fingerprint density at radius 2 is 2.32 bits per heavy atom. The molecule has 0 unspecified atom stereocenters. The maximum atomic E-state index is 13.6. The van der Waals surface area contributed by atoms with Crippen molar-refractivity contribution in [3.63, 3.8) is 0 Å². The molecule has 7 nitrogen and oxygen atoms in total. The van der Waals surface area contributed by atoms with Gasteiger partial charge in [-0.05, 0) is 18.7 Å². The van der Waals surface area contributed by atoms with E-state index in [-0.39, 0.29) is 6.41 Å². The van der Waals surface area contributed by atoms with Gasteiger partial charge in [-0.25, -0.2) is 18.3 Å². The lowest BCUT2D eigenvalue weighted by Gasteiger charge is -2.23. The number of carbonyl (C=O) groups is 1. The number of rotatable bonds is 8. The quantitative estimate of drug-likeness (QED) is 0.670. The number of halogens is 2. The van der Waals surface area contributed by atoms with Crippen LogP contribution in [0.2, 0.25) is 0 Å². The molecule has 2 rings (SSSR count). The average molecular weight is 312 g/mol. The minimum Gasteiger partial charge on any atom is -0.353 e. The van der Waals surface area contributed by atoms with Crippen LogP contribution in [0.1, 0.15) is 11.3 Å². The van der Waals surface area contributed by atoms with Gasteiger partial charge in [-0.1, -0.05) is 0 Å². The number of amides is 1. The molecule has 0 aliphatic carbocycles. The highest BCUT2D eigenvalue weighted by molar-refractivity contribution is 5.46. The van der Waals surface area contributed by atoms with Crippen molar-refractivity contribution >= 4 is 12.1 Å². The van der Waals surface area contributed by atoms with E-state index in [1.165, 1.54) is 4.90 Å². The van der Waals surface area contributed by atoms with Crippen LogP contribution in [0.15, 0.2) is 18.5 Å². The van der Waals surface area contributed by atoms with Crippen LogP contribution in [0.5, 0.6) is 0 Å². The second-order valence-electron chi connectivity index (χ2n) is 5.13. The smallest absolute Gasteiger partial charge is 0.277 e. The van der Waals surface area contributed by atoms with E-state index in [0.29, 0.717) is 24.4 Å². The van der Waals surface area contributed by atoms with Crippen molar-refractivity contribution in [1.29, 1.82) is 0 Å². The Bertz CT molecular complexity index is 644. The van der Waals surface area contributed by atoms with Crippen molar-refractivity contribution < 1.29 is 13.6 Å². The minimum absolute atomic E-state index is 0.263. The van der Waals surface area contributed by atoms with Gasteiger partial charge in [0.15, 0.2) is 5.65 Å². The van der Waals surface area contributed by atoms with E-state index in [1.807, 2.05) is 5.32 Å². The Hall–Kier alpha value is -2.13. The number of nitrogens with zero attached hydrogens (tertiary/aromatic N) is 4. The second kappa shape index (κ2) is 6.75. The molecule has 9 heteroatoms. The molecule has 0 saturated carbocycles. The van der Waals surface area contributed by atoms with E-state index < -0.39 is 19.0 Å². The molecule has 0 aliphatic rings. The van der Waals surface area contributed by atoms with Gasteiger partial charge in [0.2, 0.25) is 6.41 Å². The molecular formula is C13H18F2N6O. The van der Waals surface area contributed by atoms with E-state index in [1.54, 1.807) is 30.0 Å². The van der Waals surface area contributed by atoms with Gasteiger partial charge in [0, 0.05) is 13.1 Å². The Kier molecular flexibility index (Phi) is 4.99. The molecule has 2 heterocycles. The average Bonchev–Trinajstić information content (AvgIpc) is 2.86. The minimum atomic E-state index is -2.99. The zero-order valence-corrected chi connectivity index (χ0v) is 12.2. The van der Waals surface area contributed by atoms with Crippen molar-refractivity contribution in [2.75, 3.05) is 20.1 Å². The molecule has 0 fully saturated rings. The van der Waals surface area contributed by atoms with Crippen LogP contribution in [-0.2, 0) is 17.9 Å². The molecule has 22 heavy (non-hydrogen) atoms. The number of fused-ring (bicyclic) bond motifs is 1. The monoisotopic (exact) mass is 312 g/mol. The van der Waals surface area contributed by atoms with Crippen molar-refractivity contribution in [3.8, 4) is 0 Å². The number of hydrogen-bond donors (Lipinski definition) is 2. The largest absolute Gasteiger partial charge is 0.353 e. The molecule has 0 atom stereocenters. The Balaban J connectivity index is 2.01. The van der Waals surface area contributed by atoms with Crippen LogP contribution in [-0.4, -0.2) is 52.0 Å². The molecule has 120 valence electrons. The fraction of sp³-hybridized carbons (Fsp3) is 0.462. The highest BCUT2D eigenvalue weighted by Crippen LogP contribution is 2.15. The second-order valence-corrected chi connectivity index (χ2v) is 5.13. The van der Waals surface area contributed by atoms with E-state index >= 15 is 0 Å². The van der Waals surface area contributed by atoms with Crippen LogP contribution >= 0.6 is 0 Å². The van der Waals surface area contributed by atoms with E-state index in [4.69, 9.17) is 5.73 Å². The fourth-order valence-corrected chi connectivity index (χ4v) is 2.16. The van der Waals surface area contributed by atoms with Crippen molar-refractivity contribution in [3.05, 3.63) is 29.7 Å². The van der Waals surface area contributed by atoms with Crippen molar-refractivity contribution in [2.45, 2.75) is 19.0 Å². The summed E-state index contributed by atoms with van der Waals surface area (Å²) in [5.41, 5.74) is 7.62. The fourth-order valence-electron chi connectivity index (χ4n) is 2.16. The maximum absolute atomic E-state index is 13.6. The normalized spacial score (nSPS) is 12.0.